The molecule has 0 saturated carbocycles. The minimum absolute atomic E-state index is 0.188. The van der Waals surface area contributed by atoms with E-state index in [1.54, 1.807) is 30.3 Å². The number of hydrogen-bond acceptors (Lipinski definition) is 3. The van der Waals surface area contributed by atoms with Crippen molar-refractivity contribution in [2.24, 2.45) is 0 Å². The van der Waals surface area contributed by atoms with Crippen molar-refractivity contribution in [3.05, 3.63) is 65.7 Å². The van der Waals surface area contributed by atoms with Crippen LogP contribution in [0.15, 0.2) is 54.6 Å². The minimum Gasteiger partial charge on any atom is -0.384 e. The van der Waals surface area contributed by atoms with Crippen molar-refractivity contribution in [1.82, 2.24) is 15.1 Å². The summed E-state index contributed by atoms with van der Waals surface area (Å²) in [5.74, 6) is 0.0817. The third kappa shape index (κ3) is 4.64. The summed E-state index contributed by atoms with van der Waals surface area (Å²) in [6.45, 7) is 5.88. The molecule has 0 unspecified atom stereocenters. The van der Waals surface area contributed by atoms with Gasteiger partial charge < -0.3 is 11.1 Å². The predicted molar refractivity (Wildman–Crippen MR) is 110 cm³/mol. The maximum absolute atomic E-state index is 13.0. The van der Waals surface area contributed by atoms with Crippen LogP contribution < -0.4 is 11.1 Å². The van der Waals surface area contributed by atoms with E-state index < -0.39 is 11.7 Å². The van der Waals surface area contributed by atoms with Crippen molar-refractivity contribution in [3.8, 4) is 16.9 Å². The number of nitrogens with two attached hydrogens (primary N) is 1. The molecule has 0 spiro atoms. The number of amides is 1. The standard InChI is InChI=1S/C22H23F3N4O/c1-4-21(2,3)27-20(30)14-8-10-17(11-9-14)29-19(26)13-18(28-29)15-6-5-7-16(12-15)22(23,24)25/h5-13H,4,26H2,1-3H3,(H,27,30). The lowest BCUT2D eigenvalue weighted by molar-refractivity contribution is -0.137. The fourth-order valence-corrected chi connectivity index (χ4v) is 2.82. The number of aromatic nitrogens is 2. The molecule has 1 amide bonds. The SMILES string of the molecule is CCC(C)(C)NC(=O)c1ccc(-n2nc(-c3cccc(C(F)(F)F)c3)cc2N)cc1. The first-order valence-corrected chi connectivity index (χ1v) is 9.46. The van der Waals surface area contributed by atoms with Crippen molar-refractivity contribution in [2.75, 3.05) is 5.73 Å². The van der Waals surface area contributed by atoms with Gasteiger partial charge in [-0.05, 0) is 56.7 Å². The molecule has 0 aliphatic heterocycles. The summed E-state index contributed by atoms with van der Waals surface area (Å²) in [4.78, 5) is 12.4. The number of benzene rings is 2. The molecule has 0 aliphatic rings. The highest BCUT2D eigenvalue weighted by Crippen LogP contribution is 2.32. The van der Waals surface area contributed by atoms with Gasteiger partial charge in [0.05, 0.1) is 16.9 Å². The van der Waals surface area contributed by atoms with E-state index in [1.807, 2.05) is 20.8 Å². The van der Waals surface area contributed by atoms with Gasteiger partial charge in [0.15, 0.2) is 0 Å². The highest BCUT2D eigenvalue weighted by molar-refractivity contribution is 5.94. The summed E-state index contributed by atoms with van der Waals surface area (Å²) >= 11 is 0. The maximum Gasteiger partial charge on any atom is 0.416 e. The van der Waals surface area contributed by atoms with Gasteiger partial charge in [-0.25, -0.2) is 4.68 Å². The monoisotopic (exact) mass is 416 g/mol. The molecule has 30 heavy (non-hydrogen) atoms. The van der Waals surface area contributed by atoms with Crippen molar-refractivity contribution in [3.63, 3.8) is 0 Å². The summed E-state index contributed by atoms with van der Waals surface area (Å²) in [7, 11) is 0. The second kappa shape index (κ2) is 7.85. The summed E-state index contributed by atoms with van der Waals surface area (Å²) in [5, 5.41) is 7.30. The second-order valence-corrected chi connectivity index (χ2v) is 7.68. The highest BCUT2D eigenvalue weighted by Gasteiger charge is 2.30. The Morgan fingerprint density at radius 2 is 1.77 bits per heavy atom. The zero-order chi connectivity index (χ0) is 22.1. The second-order valence-electron chi connectivity index (χ2n) is 7.68. The number of carbonyl (C=O) groups excluding carboxylic acids is 1. The predicted octanol–water partition coefficient (Wildman–Crippen LogP) is 5.06. The molecule has 0 radical (unpaired) electrons. The molecule has 1 aromatic heterocycles. The summed E-state index contributed by atoms with van der Waals surface area (Å²) < 4.78 is 40.4. The van der Waals surface area contributed by atoms with Gasteiger partial charge in [-0.15, -0.1) is 0 Å². The Kier molecular flexibility index (Phi) is 5.61. The molecule has 0 atom stereocenters. The smallest absolute Gasteiger partial charge is 0.384 e. The molecule has 3 N–H and O–H groups in total. The number of halogens is 3. The molecule has 5 nitrogen and oxygen atoms in total. The van der Waals surface area contributed by atoms with Gasteiger partial charge in [0.1, 0.15) is 5.82 Å². The van der Waals surface area contributed by atoms with E-state index in [0.29, 0.717) is 22.5 Å². The molecule has 0 bridgehead atoms. The Labute approximate surface area is 172 Å². The number of hydrogen-bond donors (Lipinski definition) is 2. The van der Waals surface area contributed by atoms with Crippen LogP contribution in [-0.2, 0) is 6.18 Å². The number of anilines is 1. The topological polar surface area (TPSA) is 72.9 Å². The van der Waals surface area contributed by atoms with Crippen molar-refractivity contribution < 1.29 is 18.0 Å². The lowest BCUT2D eigenvalue weighted by Crippen LogP contribution is -2.42. The van der Waals surface area contributed by atoms with Crippen LogP contribution in [0.2, 0.25) is 0 Å². The summed E-state index contributed by atoms with van der Waals surface area (Å²) in [6, 6.07) is 13.1. The van der Waals surface area contributed by atoms with Gasteiger partial charge in [-0.3, -0.25) is 4.79 Å². The minimum atomic E-state index is -4.44. The first kappa shape index (κ1) is 21.4. The lowest BCUT2D eigenvalue weighted by Gasteiger charge is -2.24. The van der Waals surface area contributed by atoms with E-state index in [0.717, 1.165) is 18.6 Å². The van der Waals surface area contributed by atoms with E-state index >= 15 is 0 Å². The number of carbonyl (C=O) groups is 1. The Morgan fingerprint density at radius 3 is 2.37 bits per heavy atom. The zero-order valence-electron chi connectivity index (χ0n) is 16.9. The largest absolute Gasteiger partial charge is 0.416 e. The first-order chi connectivity index (χ1) is 14.0. The molecule has 0 saturated heterocycles. The highest BCUT2D eigenvalue weighted by atomic mass is 19.4. The van der Waals surface area contributed by atoms with Crippen molar-refractivity contribution in [2.45, 2.75) is 38.9 Å². The molecule has 0 aliphatic carbocycles. The van der Waals surface area contributed by atoms with Gasteiger partial charge in [0.2, 0.25) is 0 Å². The normalized spacial score (nSPS) is 12.1. The third-order valence-electron chi connectivity index (χ3n) is 4.93. The molecule has 8 heteroatoms. The molecular weight excluding hydrogens is 393 g/mol. The number of alkyl halides is 3. The third-order valence-corrected chi connectivity index (χ3v) is 4.93. The molecule has 0 fully saturated rings. The van der Waals surface area contributed by atoms with Gasteiger partial charge in [-0.1, -0.05) is 19.1 Å². The number of nitrogens with zero attached hydrogens (tertiary/aromatic N) is 2. The van der Waals surface area contributed by atoms with Crippen LogP contribution in [0.4, 0.5) is 19.0 Å². The summed E-state index contributed by atoms with van der Waals surface area (Å²) in [6.07, 6.45) is -3.65. The van der Waals surface area contributed by atoms with Crippen LogP contribution in [0.3, 0.4) is 0 Å². The average Bonchev–Trinajstić information content (AvgIpc) is 3.09. The number of nitrogens with one attached hydrogen (secondary N) is 1. The number of nitrogen functional groups attached to an aromatic ring is 1. The van der Waals surface area contributed by atoms with E-state index in [1.165, 1.54) is 16.8 Å². The molecule has 1 heterocycles. The molecule has 3 rings (SSSR count). The first-order valence-electron chi connectivity index (χ1n) is 9.46. The van der Waals surface area contributed by atoms with Crippen LogP contribution in [0.25, 0.3) is 16.9 Å². The number of rotatable bonds is 5. The van der Waals surface area contributed by atoms with Crippen molar-refractivity contribution >= 4 is 11.7 Å². The van der Waals surface area contributed by atoms with Crippen LogP contribution in [0, 0.1) is 0 Å². The Balaban J connectivity index is 1.86. The van der Waals surface area contributed by atoms with Gasteiger partial charge in [-0.2, -0.15) is 18.3 Å². The maximum atomic E-state index is 13.0. The van der Waals surface area contributed by atoms with E-state index in [2.05, 4.69) is 10.4 Å². The molecule has 158 valence electrons. The fourth-order valence-electron chi connectivity index (χ4n) is 2.82. The van der Waals surface area contributed by atoms with Crippen LogP contribution >= 0.6 is 0 Å². The lowest BCUT2D eigenvalue weighted by atomic mass is 10.0. The molecule has 2 aromatic carbocycles. The molecular formula is C22H23F3N4O. The van der Waals surface area contributed by atoms with Gasteiger partial charge in [0.25, 0.3) is 5.91 Å². The average molecular weight is 416 g/mol. The Morgan fingerprint density at radius 1 is 1.10 bits per heavy atom. The fraction of sp³-hybridized carbons (Fsp3) is 0.273. The molecule has 3 aromatic rings. The van der Waals surface area contributed by atoms with Crippen LogP contribution in [-0.4, -0.2) is 21.2 Å². The van der Waals surface area contributed by atoms with Gasteiger partial charge >= 0.3 is 6.18 Å². The quantitative estimate of drug-likeness (QED) is 0.611. The van der Waals surface area contributed by atoms with E-state index in [9.17, 15) is 18.0 Å². The van der Waals surface area contributed by atoms with Crippen LogP contribution in [0.5, 0.6) is 0 Å². The summed E-state index contributed by atoms with van der Waals surface area (Å²) in [5.41, 5.74) is 6.69. The van der Waals surface area contributed by atoms with E-state index in [-0.39, 0.29) is 17.3 Å². The zero-order valence-corrected chi connectivity index (χ0v) is 16.9. The van der Waals surface area contributed by atoms with E-state index in [4.69, 9.17) is 5.73 Å². The Bertz CT molecular complexity index is 1050. The van der Waals surface area contributed by atoms with Crippen molar-refractivity contribution in [1.29, 1.82) is 0 Å². The van der Waals surface area contributed by atoms with Crippen LogP contribution in [0.1, 0.15) is 43.1 Å². The van der Waals surface area contributed by atoms with Gasteiger partial charge in [0, 0.05) is 22.7 Å². The Hall–Kier alpha value is -3.29.